The molecule has 1 saturated carbocycles. The number of aliphatic hydroxyl groups is 2. The number of nitro benzene ring substituents is 1. The second-order valence-electron chi connectivity index (χ2n) is 17.9. The van der Waals surface area contributed by atoms with Crippen LogP contribution in [0.2, 0.25) is 0 Å². The number of fused-ring (bicyclic) bond motifs is 2. The summed E-state index contributed by atoms with van der Waals surface area (Å²) < 4.78 is 35.4. The second-order valence-corrected chi connectivity index (χ2v) is 17.9. The minimum Gasteiger partial charge on any atom is -0.492 e. The fourth-order valence-corrected chi connectivity index (χ4v) is 10.2. The Kier molecular flexibility index (Phi) is 15.6. The number of unbranched alkanes of at least 4 members (excludes halogenated alkanes) is 2. The Balaban J connectivity index is 1.33. The maximum absolute atomic E-state index is 15.4. The molecular weight excluding hydrogens is 870 g/mol. The first-order valence-corrected chi connectivity index (χ1v) is 23.5. The molecule has 68 heavy (non-hydrogen) atoms. The number of allylic oxidation sites excluding steroid dienone is 1. The average Bonchev–Trinajstić information content (AvgIpc) is 4.19. The van der Waals surface area contributed by atoms with Gasteiger partial charge in [-0.05, 0) is 121 Å². The van der Waals surface area contributed by atoms with E-state index in [0.29, 0.717) is 58.9 Å². The van der Waals surface area contributed by atoms with Gasteiger partial charge in [0.25, 0.3) is 11.6 Å². The van der Waals surface area contributed by atoms with E-state index >= 15 is 4.79 Å². The van der Waals surface area contributed by atoms with Gasteiger partial charge in [-0.2, -0.15) is 5.26 Å². The number of hydrogen-bond donors (Lipinski definition) is 2. The van der Waals surface area contributed by atoms with Crippen molar-refractivity contribution in [2.75, 3.05) is 46.1 Å². The standard InChI is InChI=1S/C53H58FN5O9/c1-2-28-66-53-49(58(34-37-11-17-41(54)18-12-37)52(62)39-15-9-36(33-55)10-16-39)32-47(56-67-35-38-13-19-42(20-14-38)59(63)64)45-30-40(7-3-5-26-60)44(8-4-6-27-61)50(51(45)53)46-31-43(21-22-48(46)68-53)65-29-25-57-23-24-57/h2,9-22,30-31,40,44,49-51,60-61H,1,3-8,23-29,32,34-35H2. The van der Waals surface area contributed by atoms with Crippen LogP contribution in [-0.2, 0) is 22.7 Å². The van der Waals surface area contributed by atoms with Crippen LogP contribution in [0.4, 0.5) is 10.1 Å². The molecule has 14 nitrogen and oxygen atoms in total. The lowest BCUT2D eigenvalue weighted by Crippen LogP contribution is -2.70. The van der Waals surface area contributed by atoms with Gasteiger partial charge in [-0.15, -0.1) is 6.58 Å². The number of amides is 1. The highest BCUT2D eigenvalue weighted by atomic mass is 19.1. The summed E-state index contributed by atoms with van der Waals surface area (Å²) >= 11 is 0. The van der Waals surface area contributed by atoms with E-state index in [1.807, 2.05) is 12.1 Å². The van der Waals surface area contributed by atoms with Crippen LogP contribution >= 0.6 is 0 Å². The highest BCUT2D eigenvalue weighted by molar-refractivity contribution is 6.03. The van der Waals surface area contributed by atoms with Crippen LogP contribution in [0.1, 0.15) is 83.5 Å². The summed E-state index contributed by atoms with van der Waals surface area (Å²) in [6, 6.07) is 25.5. The van der Waals surface area contributed by atoms with Crippen molar-refractivity contribution in [3.05, 3.63) is 159 Å². The van der Waals surface area contributed by atoms with E-state index in [1.54, 1.807) is 59.5 Å². The van der Waals surface area contributed by atoms with Gasteiger partial charge in [-0.3, -0.25) is 19.8 Å². The predicted molar refractivity (Wildman–Crippen MR) is 252 cm³/mol. The lowest BCUT2D eigenvalue weighted by atomic mass is 9.55. The molecule has 0 bridgehead atoms. The molecule has 0 radical (unpaired) electrons. The summed E-state index contributed by atoms with van der Waals surface area (Å²) in [6.45, 7) is 7.60. The van der Waals surface area contributed by atoms with E-state index in [0.717, 1.165) is 56.5 Å². The second kappa shape index (κ2) is 22.1. The molecule has 1 amide bonds. The highest BCUT2D eigenvalue weighted by Gasteiger charge is 2.65. The lowest BCUT2D eigenvalue weighted by Gasteiger charge is -2.60. The maximum atomic E-state index is 15.4. The number of nitrogens with zero attached hydrogens (tertiary/aromatic N) is 5. The quantitative estimate of drug-likeness (QED) is 0.0240. The third-order valence-electron chi connectivity index (χ3n) is 13.6. The SMILES string of the molecule is C=CCOC12Oc3ccc(OCCN4CC4)cc3C3C(CCCCO)C(CCCCO)C=C(C(=NOCc4ccc([N+](=O)[O-])cc4)CC1N(Cc1ccc(F)cc1)C(=O)c1ccc(C#N)cc1)C32. The molecule has 2 heterocycles. The molecule has 2 aliphatic heterocycles. The number of carbonyl (C=O) groups excluding carboxylic acids is 1. The number of ether oxygens (including phenoxy) is 3. The normalized spacial score (nSPS) is 23.0. The number of oxime groups is 1. The molecule has 4 aromatic rings. The van der Waals surface area contributed by atoms with Crippen LogP contribution in [-0.4, -0.2) is 94.4 Å². The zero-order valence-corrected chi connectivity index (χ0v) is 38.1. The molecule has 8 rings (SSSR count). The van der Waals surface area contributed by atoms with Crippen LogP contribution in [0.3, 0.4) is 0 Å². The van der Waals surface area contributed by atoms with Crippen LogP contribution in [0, 0.1) is 45.0 Å². The number of benzene rings is 4. The van der Waals surface area contributed by atoms with Gasteiger partial charge in [0.15, 0.2) is 0 Å². The zero-order valence-electron chi connectivity index (χ0n) is 38.1. The van der Waals surface area contributed by atoms with Gasteiger partial charge in [0.05, 0.1) is 34.8 Å². The molecule has 0 aromatic heterocycles. The van der Waals surface area contributed by atoms with Gasteiger partial charge in [0.1, 0.15) is 36.6 Å². The largest absolute Gasteiger partial charge is 0.492 e. The van der Waals surface area contributed by atoms with Gasteiger partial charge < -0.3 is 34.2 Å². The van der Waals surface area contributed by atoms with Gasteiger partial charge in [0.2, 0.25) is 5.79 Å². The van der Waals surface area contributed by atoms with E-state index in [4.69, 9.17) is 24.2 Å². The van der Waals surface area contributed by atoms with Gasteiger partial charge in [0, 0.05) is 75.0 Å². The van der Waals surface area contributed by atoms with Gasteiger partial charge in [-0.1, -0.05) is 42.3 Å². The summed E-state index contributed by atoms with van der Waals surface area (Å²) in [5.41, 5.74) is 4.25. The molecule has 1 saturated heterocycles. The van der Waals surface area contributed by atoms with Crippen molar-refractivity contribution in [2.45, 2.75) is 75.8 Å². The molecule has 356 valence electrons. The topological polar surface area (TPSA) is 180 Å². The predicted octanol–water partition coefficient (Wildman–Crippen LogP) is 8.48. The Morgan fingerprint density at radius 3 is 2.40 bits per heavy atom. The molecule has 0 spiro atoms. The first-order chi connectivity index (χ1) is 33.2. The number of halogens is 1. The van der Waals surface area contributed by atoms with E-state index in [2.05, 4.69) is 29.7 Å². The van der Waals surface area contributed by atoms with Crippen LogP contribution in [0.25, 0.3) is 0 Å². The minimum atomic E-state index is -1.58. The first kappa shape index (κ1) is 48.0. The molecule has 6 atom stereocenters. The number of hydrogen-bond acceptors (Lipinski definition) is 12. The van der Waals surface area contributed by atoms with Crippen molar-refractivity contribution in [3.63, 3.8) is 0 Å². The van der Waals surface area contributed by atoms with E-state index < -0.39 is 28.5 Å². The zero-order chi connectivity index (χ0) is 47.6. The minimum absolute atomic E-state index is 0.00369. The smallest absolute Gasteiger partial charge is 0.269 e. The summed E-state index contributed by atoms with van der Waals surface area (Å²) in [6.07, 6.45) is 8.21. The molecule has 4 aliphatic rings. The number of non-ortho nitro benzene ring substituents is 1. The summed E-state index contributed by atoms with van der Waals surface area (Å²) in [7, 11) is 0. The van der Waals surface area contributed by atoms with Gasteiger partial charge in [-0.25, -0.2) is 4.39 Å². The third kappa shape index (κ3) is 10.8. The van der Waals surface area contributed by atoms with E-state index in [-0.39, 0.29) is 68.7 Å². The molecule has 4 aromatic carbocycles. The number of nitro groups is 1. The monoisotopic (exact) mass is 927 g/mol. The van der Waals surface area contributed by atoms with Crippen molar-refractivity contribution < 1.29 is 43.4 Å². The summed E-state index contributed by atoms with van der Waals surface area (Å²) in [5.74, 6) is -2.09. The molecule has 15 heteroatoms. The Hall–Kier alpha value is -6.44. The molecule has 2 fully saturated rings. The summed E-state index contributed by atoms with van der Waals surface area (Å²) in [4.78, 5) is 36.5. The number of rotatable bonds is 23. The van der Waals surface area contributed by atoms with Crippen molar-refractivity contribution in [1.82, 2.24) is 9.80 Å². The van der Waals surface area contributed by atoms with Crippen molar-refractivity contribution in [3.8, 4) is 17.6 Å². The Labute approximate surface area is 396 Å². The Bertz CT molecular complexity index is 2510. The average molecular weight is 928 g/mol. The molecule has 6 unspecified atom stereocenters. The van der Waals surface area contributed by atoms with Crippen molar-refractivity contribution >= 4 is 17.3 Å². The van der Waals surface area contributed by atoms with Crippen molar-refractivity contribution in [1.29, 1.82) is 5.26 Å². The number of carbonyl (C=O) groups is 1. The Morgan fingerprint density at radius 1 is 1.00 bits per heavy atom. The third-order valence-corrected chi connectivity index (χ3v) is 13.6. The van der Waals surface area contributed by atoms with E-state index in [9.17, 15) is 30.0 Å². The van der Waals surface area contributed by atoms with Gasteiger partial charge >= 0.3 is 0 Å². The number of nitriles is 1. The fourth-order valence-electron chi connectivity index (χ4n) is 10.2. The van der Waals surface area contributed by atoms with Crippen LogP contribution < -0.4 is 9.47 Å². The summed E-state index contributed by atoms with van der Waals surface area (Å²) in [5, 5.41) is 46.0. The fraction of sp³-hybridized carbons (Fsp3) is 0.415. The Morgan fingerprint density at radius 2 is 1.72 bits per heavy atom. The molecular formula is C53H58FN5O9. The first-order valence-electron chi connectivity index (χ1n) is 23.5. The molecule has 2 aliphatic carbocycles. The highest BCUT2D eigenvalue weighted by Crippen LogP contribution is 2.62. The van der Waals surface area contributed by atoms with Crippen LogP contribution in [0.5, 0.6) is 11.5 Å². The van der Waals surface area contributed by atoms with Crippen LogP contribution in [0.15, 0.2) is 120 Å². The van der Waals surface area contributed by atoms with E-state index in [1.165, 1.54) is 24.3 Å². The molecule has 2 N–H and O–H groups in total. The maximum Gasteiger partial charge on any atom is 0.269 e. The van der Waals surface area contributed by atoms with Crippen molar-refractivity contribution in [2.24, 2.45) is 22.9 Å². The lowest BCUT2D eigenvalue weighted by molar-refractivity contribution is -0.384. The number of aliphatic hydroxyl groups excluding tert-OH is 2.